The van der Waals surface area contributed by atoms with E-state index in [0.29, 0.717) is 0 Å². The van der Waals surface area contributed by atoms with Gasteiger partial charge in [-0.05, 0) is 42.7 Å². The molecule has 1 aromatic rings. The van der Waals surface area contributed by atoms with Gasteiger partial charge in [0.1, 0.15) is 0 Å². The summed E-state index contributed by atoms with van der Waals surface area (Å²) in [6.45, 7) is 1.05. The van der Waals surface area contributed by atoms with Crippen LogP contribution in [0.3, 0.4) is 0 Å². The SMILES string of the molecule is c1cc(C2CCCCC2)ccc1CNC1CCCCC1. The van der Waals surface area contributed by atoms with E-state index in [9.17, 15) is 0 Å². The molecule has 2 aliphatic rings. The molecule has 2 fully saturated rings. The van der Waals surface area contributed by atoms with E-state index >= 15 is 0 Å². The Kier molecular flexibility index (Phi) is 5.13. The van der Waals surface area contributed by atoms with Crippen molar-refractivity contribution in [1.29, 1.82) is 0 Å². The molecule has 0 bridgehead atoms. The van der Waals surface area contributed by atoms with E-state index in [0.717, 1.165) is 18.5 Å². The van der Waals surface area contributed by atoms with Crippen LogP contribution in [-0.4, -0.2) is 6.04 Å². The van der Waals surface area contributed by atoms with Crippen LogP contribution in [0.4, 0.5) is 0 Å². The normalized spacial score (nSPS) is 22.0. The highest BCUT2D eigenvalue weighted by Gasteiger charge is 2.15. The molecule has 1 heteroatoms. The Hall–Kier alpha value is -0.820. The molecule has 1 aromatic carbocycles. The predicted octanol–water partition coefficient (Wildman–Crippen LogP) is 5.16. The van der Waals surface area contributed by atoms with E-state index in [4.69, 9.17) is 0 Å². The Morgan fingerprint density at radius 1 is 0.750 bits per heavy atom. The highest BCUT2D eigenvalue weighted by atomic mass is 14.9. The average Bonchev–Trinajstić information content (AvgIpc) is 2.55. The lowest BCUT2D eigenvalue weighted by Gasteiger charge is -2.24. The molecule has 0 spiro atoms. The Morgan fingerprint density at radius 3 is 2.00 bits per heavy atom. The number of benzene rings is 1. The average molecular weight is 271 g/mol. The summed E-state index contributed by atoms with van der Waals surface area (Å²) in [7, 11) is 0. The highest BCUT2D eigenvalue weighted by Crippen LogP contribution is 2.32. The zero-order valence-electron chi connectivity index (χ0n) is 12.7. The van der Waals surface area contributed by atoms with E-state index in [1.807, 2.05) is 0 Å². The van der Waals surface area contributed by atoms with Crippen LogP contribution in [-0.2, 0) is 6.54 Å². The van der Waals surface area contributed by atoms with Crippen molar-refractivity contribution in [3.63, 3.8) is 0 Å². The maximum absolute atomic E-state index is 3.74. The molecule has 2 aliphatic carbocycles. The van der Waals surface area contributed by atoms with Gasteiger partial charge in [-0.15, -0.1) is 0 Å². The second kappa shape index (κ2) is 7.26. The molecule has 1 nitrogen and oxygen atoms in total. The lowest BCUT2D eigenvalue weighted by Crippen LogP contribution is -2.30. The summed E-state index contributed by atoms with van der Waals surface area (Å²) >= 11 is 0. The van der Waals surface area contributed by atoms with Gasteiger partial charge in [0.25, 0.3) is 0 Å². The van der Waals surface area contributed by atoms with Crippen molar-refractivity contribution in [3.8, 4) is 0 Å². The highest BCUT2D eigenvalue weighted by molar-refractivity contribution is 5.25. The van der Waals surface area contributed by atoms with Crippen molar-refractivity contribution in [1.82, 2.24) is 5.32 Å². The summed E-state index contributed by atoms with van der Waals surface area (Å²) in [6, 6.07) is 10.2. The molecule has 0 aliphatic heterocycles. The van der Waals surface area contributed by atoms with Gasteiger partial charge in [0, 0.05) is 12.6 Å². The molecule has 0 aromatic heterocycles. The zero-order valence-corrected chi connectivity index (χ0v) is 12.7. The van der Waals surface area contributed by atoms with Crippen molar-refractivity contribution in [2.75, 3.05) is 0 Å². The van der Waals surface area contributed by atoms with Gasteiger partial charge in [-0.1, -0.05) is 62.8 Å². The molecule has 0 unspecified atom stereocenters. The van der Waals surface area contributed by atoms with Crippen LogP contribution in [0.15, 0.2) is 24.3 Å². The van der Waals surface area contributed by atoms with Crippen LogP contribution in [0.1, 0.15) is 81.3 Å². The van der Waals surface area contributed by atoms with Crippen molar-refractivity contribution in [2.24, 2.45) is 0 Å². The van der Waals surface area contributed by atoms with Crippen LogP contribution in [0, 0.1) is 0 Å². The topological polar surface area (TPSA) is 12.0 Å². The van der Waals surface area contributed by atoms with E-state index in [1.54, 1.807) is 5.56 Å². The van der Waals surface area contributed by atoms with E-state index in [1.165, 1.54) is 69.8 Å². The summed E-state index contributed by atoms with van der Waals surface area (Å²) in [4.78, 5) is 0. The molecule has 3 rings (SSSR count). The first-order valence-corrected chi connectivity index (χ1v) is 8.74. The molecule has 1 N–H and O–H groups in total. The van der Waals surface area contributed by atoms with Gasteiger partial charge in [-0.3, -0.25) is 0 Å². The fourth-order valence-electron chi connectivity index (χ4n) is 3.91. The first-order chi connectivity index (χ1) is 9.92. The van der Waals surface area contributed by atoms with Gasteiger partial charge in [-0.2, -0.15) is 0 Å². The van der Waals surface area contributed by atoms with E-state index < -0.39 is 0 Å². The fourth-order valence-corrected chi connectivity index (χ4v) is 3.91. The van der Waals surface area contributed by atoms with E-state index in [2.05, 4.69) is 29.6 Å². The first-order valence-electron chi connectivity index (χ1n) is 8.74. The molecule has 0 amide bonds. The molecule has 110 valence electrons. The van der Waals surface area contributed by atoms with E-state index in [-0.39, 0.29) is 0 Å². The summed E-state index contributed by atoms with van der Waals surface area (Å²) in [5.74, 6) is 0.837. The van der Waals surface area contributed by atoms with Gasteiger partial charge < -0.3 is 5.32 Å². The lowest BCUT2D eigenvalue weighted by molar-refractivity contribution is 0.372. The van der Waals surface area contributed by atoms with Crippen LogP contribution >= 0.6 is 0 Å². The second-order valence-corrected chi connectivity index (χ2v) is 6.79. The van der Waals surface area contributed by atoms with Crippen LogP contribution in [0.25, 0.3) is 0 Å². The maximum atomic E-state index is 3.74. The van der Waals surface area contributed by atoms with Crippen LogP contribution in [0.2, 0.25) is 0 Å². The summed E-state index contributed by atoms with van der Waals surface area (Å²) < 4.78 is 0. The Balaban J connectivity index is 1.50. The first kappa shape index (κ1) is 14.1. The maximum Gasteiger partial charge on any atom is 0.0208 e. The second-order valence-electron chi connectivity index (χ2n) is 6.79. The molecule has 0 heterocycles. The van der Waals surface area contributed by atoms with Gasteiger partial charge in [0.2, 0.25) is 0 Å². The Morgan fingerprint density at radius 2 is 1.35 bits per heavy atom. The third-order valence-electron chi connectivity index (χ3n) is 5.26. The minimum Gasteiger partial charge on any atom is -0.310 e. The standard InChI is InChI=1S/C19H29N/c1-3-7-17(8-4-1)18-13-11-16(12-14-18)15-20-19-9-5-2-6-10-19/h11-14,17,19-20H,1-10,15H2. The molecule has 0 atom stereocenters. The minimum atomic E-state index is 0.766. The van der Waals surface area contributed by atoms with Crippen molar-refractivity contribution in [2.45, 2.75) is 82.7 Å². The lowest BCUT2D eigenvalue weighted by atomic mass is 9.84. The number of hydrogen-bond acceptors (Lipinski definition) is 1. The smallest absolute Gasteiger partial charge is 0.0208 e. The Bertz CT molecular complexity index is 383. The zero-order chi connectivity index (χ0) is 13.6. The van der Waals surface area contributed by atoms with Crippen LogP contribution in [0.5, 0.6) is 0 Å². The van der Waals surface area contributed by atoms with Gasteiger partial charge >= 0.3 is 0 Å². The summed E-state index contributed by atoms with van der Waals surface area (Å²) in [5.41, 5.74) is 3.03. The fraction of sp³-hybridized carbons (Fsp3) is 0.684. The largest absolute Gasteiger partial charge is 0.310 e. The number of hydrogen-bond donors (Lipinski definition) is 1. The third-order valence-corrected chi connectivity index (χ3v) is 5.26. The van der Waals surface area contributed by atoms with Crippen LogP contribution < -0.4 is 5.32 Å². The quantitative estimate of drug-likeness (QED) is 0.798. The van der Waals surface area contributed by atoms with Gasteiger partial charge in [-0.25, -0.2) is 0 Å². The van der Waals surface area contributed by atoms with Gasteiger partial charge in [0.15, 0.2) is 0 Å². The predicted molar refractivity (Wildman–Crippen MR) is 86.0 cm³/mol. The molecular weight excluding hydrogens is 242 g/mol. The van der Waals surface area contributed by atoms with Crippen molar-refractivity contribution >= 4 is 0 Å². The number of nitrogens with one attached hydrogen (secondary N) is 1. The molecular formula is C19H29N. The minimum absolute atomic E-state index is 0.766. The molecule has 0 saturated heterocycles. The van der Waals surface area contributed by atoms with Crippen molar-refractivity contribution in [3.05, 3.63) is 35.4 Å². The summed E-state index contributed by atoms with van der Waals surface area (Å²) in [6.07, 6.45) is 14.1. The monoisotopic (exact) mass is 271 g/mol. The van der Waals surface area contributed by atoms with Gasteiger partial charge in [0.05, 0.1) is 0 Å². The molecule has 0 radical (unpaired) electrons. The third kappa shape index (κ3) is 3.85. The number of rotatable bonds is 4. The summed E-state index contributed by atoms with van der Waals surface area (Å²) in [5, 5.41) is 3.74. The Labute approximate surface area is 124 Å². The van der Waals surface area contributed by atoms with Crippen molar-refractivity contribution < 1.29 is 0 Å². The molecule has 2 saturated carbocycles. The molecule has 20 heavy (non-hydrogen) atoms.